The minimum Gasteiger partial charge on any atom is -0.497 e. The van der Waals surface area contributed by atoms with Crippen LogP contribution in [0.3, 0.4) is 0 Å². The molecule has 1 heterocycles. The van der Waals surface area contributed by atoms with E-state index in [1.165, 1.54) is 0 Å². The monoisotopic (exact) mass is 192 g/mol. The summed E-state index contributed by atoms with van der Waals surface area (Å²) in [6, 6.07) is 7.98. The highest BCUT2D eigenvalue weighted by Crippen LogP contribution is 2.24. The van der Waals surface area contributed by atoms with E-state index in [1.54, 1.807) is 7.11 Å². The molecule has 1 atom stereocenters. The molecule has 0 aromatic heterocycles. The minimum atomic E-state index is -0.0647. The fraction of sp³-hybridized carbons (Fsp3) is 0.300. The Balaban J connectivity index is 2.17. The van der Waals surface area contributed by atoms with Crippen molar-refractivity contribution < 1.29 is 9.47 Å². The van der Waals surface area contributed by atoms with Crippen LogP contribution in [0.2, 0.25) is 0 Å². The topological polar surface area (TPSA) is 56.8 Å². The van der Waals surface area contributed by atoms with Crippen LogP contribution in [0.5, 0.6) is 5.75 Å². The third-order valence-corrected chi connectivity index (χ3v) is 2.14. The molecule has 1 aliphatic rings. The van der Waals surface area contributed by atoms with Gasteiger partial charge in [-0.25, -0.2) is 4.99 Å². The Kier molecular flexibility index (Phi) is 2.26. The molecule has 0 bridgehead atoms. The number of rotatable bonds is 2. The molecule has 1 aromatic carbocycles. The zero-order chi connectivity index (χ0) is 9.97. The van der Waals surface area contributed by atoms with Crippen molar-refractivity contribution in [3.8, 4) is 5.75 Å². The Labute approximate surface area is 82.3 Å². The summed E-state index contributed by atoms with van der Waals surface area (Å²) in [7, 11) is 1.64. The highest BCUT2D eigenvalue weighted by atomic mass is 16.5. The number of hydrogen-bond acceptors (Lipinski definition) is 4. The lowest BCUT2D eigenvalue weighted by molar-refractivity contribution is 0.225. The fourth-order valence-electron chi connectivity index (χ4n) is 1.41. The Bertz CT molecular complexity index is 363. The van der Waals surface area contributed by atoms with E-state index in [0.717, 1.165) is 11.3 Å². The molecule has 1 aromatic rings. The smallest absolute Gasteiger partial charge is 0.282 e. The van der Waals surface area contributed by atoms with Crippen molar-refractivity contribution in [3.05, 3.63) is 29.8 Å². The summed E-state index contributed by atoms with van der Waals surface area (Å²) in [6.45, 7) is 0.582. The predicted octanol–water partition coefficient (Wildman–Crippen LogP) is 1.08. The first-order valence-electron chi connectivity index (χ1n) is 4.40. The number of methoxy groups -OCH3 is 1. The van der Waals surface area contributed by atoms with Crippen molar-refractivity contribution in [2.24, 2.45) is 10.7 Å². The number of nitrogens with two attached hydrogens (primary N) is 1. The predicted molar refractivity (Wildman–Crippen MR) is 53.3 cm³/mol. The highest BCUT2D eigenvalue weighted by Gasteiger charge is 2.19. The van der Waals surface area contributed by atoms with Crippen LogP contribution in [-0.4, -0.2) is 19.7 Å². The normalized spacial score (nSPS) is 20.1. The van der Waals surface area contributed by atoms with Crippen LogP contribution in [0.25, 0.3) is 0 Å². The number of amidine groups is 1. The van der Waals surface area contributed by atoms with Crippen LogP contribution in [0.4, 0.5) is 0 Å². The molecule has 0 aliphatic carbocycles. The summed E-state index contributed by atoms with van der Waals surface area (Å²) in [4.78, 5) is 3.98. The van der Waals surface area contributed by atoms with Gasteiger partial charge in [0.25, 0.3) is 6.02 Å². The number of aliphatic imine (C=N–C) groups is 1. The van der Waals surface area contributed by atoms with Crippen LogP contribution >= 0.6 is 0 Å². The molecule has 0 saturated heterocycles. The van der Waals surface area contributed by atoms with Gasteiger partial charge in [-0.05, 0) is 17.7 Å². The molecule has 74 valence electrons. The Hall–Kier alpha value is -1.71. The average molecular weight is 192 g/mol. The summed E-state index contributed by atoms with van der Waals surface area (Å²) >= 11 is 0. The van der Waals surface area contributed by atoms with Gasteiger partial charge in [-0.15, -0.1) is 0 Å². The molecule has 1 aliphatic heterocycles. The van der Waals surface area contributed by atoms with E-state index in [0.29, 0.717) is 6.54 Å². The maximum Gasteiger partial charge on any atom is 0.282 e. The standard InChI is InChI=1S/C10H12N2O2/c1-13-8-4-2-3-7(5-8)9-6-12-10(11)14-9/h2-5,9H,6H2,1H3,(H2,11,12). The van der Waals surface area contributed by atoms with Gasteiger partial charge < -0.3 is 15.2 Å². The molecule has 2 N–H and O–H groups in total. The lowest BCUT2D eigenvalue weighted by atomic mass is 10.1. The average Bonchev–Trinajstić information content (AvgIpc) is 2.65. The molecule has 4 heteroatoms. The van der Waals surface area contributed by atoms with Gasteiger partial charge >= 0.3 is 0 Å². The van der Waals surface area contributed by atoms with Crippen molar-refractivity contribution in [2.75, 3.05) is 13.7 Å². The number of benzene rings is 1. The zero-order valence-corrected chi connectivity index (χ0v) is 7.93. The molecular formula is C10H12N2O2. The van der Waals surface area contributed by atoms with Gasteiger partial charge in [0.05, 0.1) is 13.7 Å². The third kappa shape index (κ3) is 1.64. The van der Waals surface area contributed by atoms with Gasteiger partial charge in [-0.3, -0.25) is 0 Å². The molecule has 14 heavy (non-hydrogen) atoms. The summed E-state index contributed by atoms with van der Waals surface area (Å²) in [6.07, 6.45) is -0.0647. The Morgan fingerprint density at radius 2 is 2.43 bits per heavy atom. The molecule has 0 radical (unpaired) electrons. The van der Waals surface area contributed by atoms with Gasteiger partial charge in [0.1, 0.15) is 11.9 Å². The van der Waals surface area contributed by atoms with Gasteiger partial charge in [0, 0.05) is 0 Å². The fourth-order valence-corrected chi connectivity index (χ4v) is 1.41. The molecule has 0 fully saturated rings. The highest BCUT2D eigenvalue weighted by molar-refractivity contribution is 5.73. The summed E-state index contributed by atoms with van der Waals surface area (Å²) < 4.78 is 10.4. The van der Waals surface area contributed by atoms with E-state index in [2.05, 4.69) is 4.99 Å². The van der Waals surface area contributed by atoms with E-state index in [4.69, 9.17) is 15.2 Å². The summed E-state index contributed by atoms with van der Waals surface area (Å²) in [5.41, 5.74) is 6.47. The van der Waals surface area contributed by atoms with E-state index in [9.17, 15) is 0 Å². The van der Waals surface area contributed by atoms with Crippen molar-refractivity contribution in [3.63, 3.8) is 0 Å². The quantitative estimate of drug-likeness (QED) is 0.762. The lowest BCUT2D eigenvalue weighted by Gasteiger charge is -2.10. The first kappa shape index (κ1) is 8.87. The molecule has 0 amide bonds. The van der Waals surface area contributed by atoms with E-state index in [-0.39, 0.29) is 12.1 Å². The maximum atomic E-state index is 5.43. The van der Waals surface area contributed by atoms with Crippen molar-refractivity contribution >= 4 is 6.02 Å². The molecule has 1 unspecified atom stereocenters. The molecular weight excluding hydrogens is 180 g/mol. The van der Waals surface area contributed by atoms with Crippen molar-refractivity contribution in [1.29, 1.82) is 0 Å². The van der Waals surface area contributed by atoms with E-state index in [1.807, 2.05) is 24.3 Å². The van der Waals surface area contributed by atoms with Gasteiger partial charge in [-0.1, -0.05) is 12.1 Å². The van der Waals surface area contributed by atoms with Crippen LogP contribution in [0.15, 0.2) is 29.3 Å². The SMILES string of the molecule is COc1cccc(C2CN=C(N)O2)c1. The largest absolute Gasteiger partial charge is 0.497 e. The van der Waals surface area contributed by atoms with Crippen LogP contribution in [-0.2, 0) is 4.74 Å². The summed E-state index contributed by atoms with van der Waals surface area (Å²) in [5, 5.41) is 0. The Morgan fingerprint density at radius 1 is 1.57 bits per heavy atom. The summed E-state index contributed by atoms with van der Waals surface area (Å²) in [5.74, 6) is 0.816. The Morgan fingerprint density at radius 3 is 3.07 bits per heavy atom. The van der Waals surface area contributed by atoms with Gasteiger partial charge in [0.15, 0.2) is 0 Å². The van der Waals surface area contributed by atoms with Crippen LogP contribution in [0.1, 0.15) is 11.7 Å². The lowest BCUT2D eigenvalue weighted by Crippen LogP contribution is -2.13. The second-order valence-electron chi connectivity index (χ2n) is 3.06. The first-order chi connectivity index (χ1) is 6.79. The number of hydrogen-bond donors (Lipinski definition) is 1. The number of nitrogens with zero attached hydrogens (tertiary/aromatic N) is 1. The van der Waals surface area contributed by atoms with Crippen LogP contribution < -0.4 is 10.5 Å². The number of ether oxygens (including phenoxy) is 2. The van der Waals surface area contributed by atoms with Gasteiger partial charge in [-0.2, -0.15) is 0 Å². The molecule has 0 spiro atoms. The maximum absolute atomic E-state index is 5.43. The van der Waals surface area contributed by atoms with Gasteiger partial charge in [0.2, 0.25) is 0 Å². The molecule has 4 nitrogen and oxygen atoms in total. The van der Waals surface area contributed by atoms with Crippen LogP contribution in [0, 0.1) is 0 Å². The van der Waals surface area contributed by atoms with Crippen molar-refractivity contribution in [1.82, 2.24) is 0 Å². The van der Waals surface area contributed by atoms with E-state index >= 15 is 0 Å². The second kappa shape index (κ2) is 3.57. The zero-order valence-electron chi connectivity index (χ0n) is 7.93. The van der Waals surface area contributed by atoms with Crippen molar-refractivity contribution in [2.45, 2.75) is 6.10 Å². The molecule has 2 rings (SSSR count). The third-order valence-electron chi connectivity index (χ3n) is 2.14. The molecule has 0 saturated carbocycles. The second-order valence-corrected chi connectivity index (χ2v) is 3.06. The first-order valence-corrected chi connectivity index (χ1v) is 4.40. The minimum absolute atomic E-state index is 0.0647. The van der Waals surface area contributed by atoms with E-state index < -0.39 is 0 Å².